The fraction of sp³-hybridized carbons (Fsp3) is 0.174. The van der Waals surface area contributed by atoms with Crippen LogP contribution in [0, 0.1) is 18.3 Å². The minimum absolute atomic E-state index is 0.342. The number of ether oxygens (including phenoxy) is 2. The second-order valence-electron chi connectivity index (χ2n) is 6.40. The highest BCUT2D eigenvalue weighted by molar-refractivity contribution is 5.80. The van der Waals surface area contributed by atoms with E-state index in [1.165, 1.54) is 0 Å². The summed E-state index contributed by atoms with van der Waals surface area (Å²) in [4.78, 5) is 4.36. The molecular formula is C23H22N4O2. The third-order valence-electron chi connectivity index (χ3n) is 4.15. The lowest BCUT2D eigenvalue weighted by atomic mass is 10.1. The van der Waals surface area contributed by atoms with Crippen LogP contribution >= 0.6 is 0 Å². The van der Waals surface area contributed by atoms with E-state index in [0.717, 1.165) is 28.1 Å². The van der Waals surface area contributed by atoms with E-state index in [2.05, 4.69) is 21.6 Å². The van der Waals surface area contributed by atoms with Gasteiger partial charge in [-0.2, -0.15) is 10.4 Å². The van der Waals surface area contributed by atoms with Crippen molar-refractivity contribution in [3.63, 3.8) is 0 Å². The van der Waals surface area contributed by atoms with Crippen molar-refractivity contribution in [2.75, 3.05) is 12.5 Å². The van der Waals surface area contributed by atoms with Crippen LogP contribution in [0.1, 0.15) is 27.9 Å². The molecule has 0 amide bonds. The first-order valence-corrected chi connectivity index (χ1v) is 9.15. The summed E-state index contributed by atoms with van der Waals surface area (Å²) in [7, 11) is 1.59. The number of aryl methyl sites for hydroxylation is 1. The van der Waals surface area contributed by atoms with Gasteiger partial charge in [0.05, 0.1) is 12.8 Å². The first kappa shape index (κ1) is 20.1. The zero-order valence-electron chi connectivity index (χ0n) is 16.4. The molecule has 0 unspecified atom stereocenters. The zero-order valence-corrected chi connectivity index (χ0v) is 16.4. The number of hydrazone groups is 1. The quantitative estimate of drug-likeness (QED) is 0.457. The van der Waals surface area contributed by atoms with Crippen LogP contribution in [0.15, 0.2) is 65.8 Å². The van der Waals surface area contributed by atoms with Gasteiger partial charge in [0.1, 0.15) is 24.0 Å². The van der Waals surface area contributed by atoms with Crippen LogP contribution in [-0.4, -0.2) is 18.3 Å². The van der Waals surface area contributed by atoms with Gasteiger partial charge in [-0.15, -0.1) is 0 Å². The molecule has 29 heavy (non-hydrogen) atoms. The predicted molar refractivity (Wildman–Crippen MR) is 113 cm³/mol. The van der Waals surface area contributed by atoms with Gasteiger partial charge in [-0.3, -0.25) is 5.43 Å². The lowest BCUT2D eigenvalue weighted by molar-refractivity contribution is 0.184. The molecule has 0 fully saturated rings. The number of benzene rings is 2. The Hall–Kier alpha value is -3.69. The van der Waals surface area contributed by atoms with Crippen LogP contribution in [0.2, 0.25) is 0 Å². The average molecular weight is 386 g/mol. The van der Waals surface area contributed by atoms with Crippen molar-refractivity contribution in [2.45, 2.75) is 20.1 Å². The second-order valence-corrected chi connectivity index (χ2v) is 6.40. The fourth-order valence-electron chi connectivity index (χ4n) is 2.77. The summed E-state index contributed by atoms with van der Waals surface area (Å²) in [5.74, 6) is 1.20. The molecule has 146 valence electrons. The van der Waals surface area contributed by atoms with E-state index in [9.17, 15) is 5.26 Å². The smallest absolute Gasteiger partial charge is 0.164 e. The number of rotatable bonds is 8. The monoisotopic (exact) mass is 386 g/mol. The van der Waals surface area contributed by atoms with Crippen LogP contribution in [0.3, 0.4) is 0 Å². The molecule has 3 aromatic rings. The van der Waals surface area contributed by atoms with E-state index in [4.69, 9.17) is 9.47 Å². The molecule has 0 spiro atoms. The normalized spacial score (nSPS) is 10.7. The maximum absolute atomic E-state index is 9.45. The predicted octanol–water partition coefficient (Wildman–Crippen LogP) is 4.43. The fourth-order valence-corrected chi connectivity index (χ4v) is 2.77. The van der Waals surface area contributed by atoms with Gasteiger partial charge in [0.2, 0.25) is 0 Å². The molecule has 0 saturated carbocycles. The van der Waals surface area contributed by atoms with Crippen LogP contribution in [-0.2, 0) is 18.0 Å². The summed E-state index contributed by atoms with van der Waals surface area (Å²) >= 11 is 0. The Bertz CT molecular complexity index is 1010. The third-order valence-corrected chi connectivity index (χ3v) is 4.15. The van der Waals surface area contributed by atoms with Gasteiger partial charge in [-0.25, -0.2) is 4.98 Å². The average Bonchev–Trinajstić information content (AvgIpc) is 2.74. The molecule has 0 radical (unpaired) electrons. The summed E-state index contributed by atoms with van der Waals surface area (Å²) < 4.78 is 10.9. The molecule has 0 saturated heterocycles. The number of aromatic nitrogens is 1. The van der Waals surface area contributed by atoms with Crippen LogP contribution < -0.4 is 10.2 Å². The highest BCUT2D eigenvalue weighted by atomic mass is 16.5. The minimum atomic E-state index is 0.342. The Balaban J connectivity index is 1.63. The van der Waals surface area contributed by atoms with Crippen molar-refractivity contribution in [1.29, 1.82) is 5.26 Å². The molecule has 0 aliphatic rings. The highest BCUT2D eigenvalue weighted by Crippen LogP contribution is 2.19. The van der Waals surface area contributed by atoms with Gasteiger partial charge >= 0.3 is 0 Å². The summed E-state index contributed by atoms with van der Waals surface area (Å²) in [6.45, 7) is 2.73. The van der Waals surface area contributed by atoms with Crippen LogP contribution in [0.5, 0.6) is 5.75 Å². The Morgan fingerprint density at radius 1 is 1.10 bits per heavy atom. The molecule has 1 heterocycles. The minimum Gasteiger partial charge on any atom is -0.489 e. The van der Waals surface area contributed by atoms with Gasteiger partial charge in [0, 0.05) is 18.4 Å². The summed E-state index contributed by atoms with van der Waals surface area (Å²) in [6, 6.07) is 21.6. The molecule has 3 rings (SSSR count). The van der Waals surface area contributed by atoms with E-state index >= 15 is 0 Å². The van der Waals surface area contributed by atoms with Crippen molar-refractivity contribution in [2.24, 2.45) is 5.10 Å². The lowest BCUT2D eigenvalue weighted by Crippen LogP contribution is -2.03. The number of hydrogen-bond donors (Lipinski definition) is 1. The van der Waals surface area contributed by atoms with Crippen molar-refractivity contribution in [3.05, 3.63) is 88.6 Å². The Kier molecular flexibility index (Phi) is 6.93. The number of pyridine rings is 1. The number of hydrogen-bond acceptors (Lipinski definition) is 6. The molecule has 1 aromatic heterocycles. The molecule has 6 heteroatoms. The maximum Gasteiger partial charge on any atom is 0.164 e. The first-order chi connectivity index (χ1) is 14.2. The molecule has 1 N–H and O–H groups in total. The summed E-state index contributed by atoms with van der Waals surface area (Å²) in [6.07, 6.45) is 1.67. The number of nitriles is 1. The lowest BCUT2D eigenvalue weighted by Gasteiger charge is -2.09. The molecule has 0 bridgehead atoms. The summed E-state index contributed by atoms with van der Waals surface area (Å²) in [5, 5.41) is 13.7. The molecule has 0 aliphatic carbocycles. The van der Waals surface area contributed by atoms with E-state index in [1.54, 1.807) is 13.3 Å². The second kappa shape index (κ2) is 10.0. The van der Waals surface area contributed by atoms with Gasteiger partial charge in [0.15, 0.2) is 5.82 Å². The Morgan fingerprint density at radius 3 is 2.55 bits per heavy atom. The third kappa shape index (κ3) is 5.64. The van der Waals surface area contributed by atoms with E-state index < -0.39 is 0 Å². The number of nitrogens with one attached hydrogen (secondary N) is 1. The molecule has 2 aromatic carbocycles. The van der Waals surface area contributed by atoms with Gasteiger partial charge < -0.3 is 9.47 Å². The summed E-state index contributed by atoms with van der Waals surface area (Å²) in [5.41, 5.74) is 6.87. The Morgan fingerprint density at radius 2 is 1.86 bits per heavy atom. The van der Waals surface area contributed by atoms with Crippen LogP contribution in [0.4, 0.5) is 5.82 Å². The van der Waals surface area contributed by atoms with Gasteiger partial charge in [-0.05, 0) is 48.4 Å². The van der Waals surface area contributed by atoms with E-state index in [-0.39, 0.29) is 0 Å². The van der Waals surface area contributed by atoms with E-state index in [0.29, 0.717) is 24.6 Å². The topological polar surface area (TPSA) is 79.5 Å². The number of anilines is 1. The Labute approximate surface area is 170 Å². The van der Waals surface area contributed by atoms with Crippen molar-refractivity contribution in [3.8, 4) is 11.8 Å². The molecule has 0 aliphatic heterocycles. The maximum atomic E-state index is 9.45. The molecule has 0 atom stereocenters. The van der Waals surface area contributed by atoms with Crippen LogP contribution in [0.25, 0.3) is 0 Å². The van der Waals surface area contributed by atoms with E-state index in [1.807, 2.05) is 67.6 Å². The standard InChI is InChI=1S/C23H22N4O2/c1-17-12-20(16-28-2)22(13-24)23(26-17)27-25-14-18-8-10-21(11-9-18)29-15-19-6-4-3-5-7-19/h3-12,14H,15-16H2,1-2H3,(H,26,27)/b25-14+. The number of methoxy groups -OCH3 is 1. The zero-order chi connectivity index (χ0) is 20.5. The molecule has 6 nitrogen and oxygen atoms in total. The number of nitrogens with zero attached hydrogens (tertiary/aromatic N) is 3. The SMILES string of the molecule is COCc1cc(C)nc(N/N=C/c2ccc(OCc3ccccc3)cc2)c1C#N. The van der Waals surface area contributed by atoms with Gasteiger partial charge in [-0.1, -0.05) is 30.3 Å². The first-order valence-electron chi connectivity index (χ1n) is 9.15. The van der Waals surface area contributed by atoms with Crippen molar-refractivity contribution >= 4 is 12.0 Å². The molecular weight excluding hydrogens is 364 g/mol. The highest BCUT2D eigenvalue weighted by Gasteiger charge is 2.10. The van der Waals surface area contributed by atoms with Crippen molar-refractivity contribution in [1.82, 2.24) is 4.98 Å². The van der Waals surface area contributed by atoms with Gasteiger partial charge in [0.25, 0.3) is 0 Å². The largest absolute Gasteiger partial charge is 0.489 e. The van der Waals surface area contributed by atoms with Crippen molar-refractivity contribution < 1.29 is 9.47 Å².